The van der Waals surface area contributed by atoms with E-state index >= 15 is 0 Å². The summed E-state index contributed by atoms with van der Waals surface area (Å²) in [5.41, 5.74) is 1.02. The van der Waals surface area contributed by atoms with Crippen molar-refractivity contribution in [3.8, 4) is 5.75 Å². The summed E-state index contributed by atoms with van der Waals surface area (Å²) in [7, 11) is -9.91. The van der Waals surface area contributed by atoms with Crippen LogP contribution < -0.4 is 15.8 Å². The molecule has 274 valence electrons. The normalized spacial score (nSPS) is 17.0. The molecule has 4 heterocycles. The molecule has 0 spiro atoms. The van der Waals surface area contributed by atoms with Gasteiger partial charge in [-0.05, 0) is 68.9 Å². The van der Waals surface area contributed by atoms with E-state index in [2.05, 4.69) is 25.4 Å². The molecule has 0 radical (unpaired) electrons. The quantitative estimate of drug-likeness (QED) is 0.212. The van der Waals surface area contributed by atoms with E-state index in [4.69, 9.17) is 0 Å². The Morgan fingerprint density at radius 1 is 0.980 bits per heavy atom. The van der Waals surface area contributed by atoms with E-state index in [-0.39, 0.29) is 79.0 Å². The van der Waals surface area contributed by atoms with E-state index in [1.54, 1.807) is 18.7 Å². The number of fused-ring (bicyclic) bond motifs is 1. The highest BCUT2D eigenvalue weighted by Crippen LogP contribution is 3.02. The Kier molecular flexibility index (Phi) is 8.84. The molecule has 1 aliphatic carbocycles. The fourth-order valence-electron chi connectivity index (χ4n) is 6.33. The SMILES string of the molecule is CCc1c(N2CCN(C(=O)c3ncnc(C)c3O)CC2)c(=O)n2nc(C3=CCCCCC3)nc2n1CC(=O)Nc1ccc(S(F)(F)(F)(F)F)cc1. The molecule has 0 atom stereocenters. The summed E-state index contributed by atoms with van der Waals surface area (Å²) in [6.45, 7) is 3.66. The molecule has 2 aliphatic rings. The Bertz CT molecular complexity index is 2110. The summed E-state index contributed by atoms with van der Waals surface area (Å²) in [4.78, 5) is 54.5. The van der Waals surface area contributed by atoms with E-state index < -0.39 is 39.0 Å². The highest BCUT2D eigenvalue weighted by Gasteiger charge is 2.65. The van der Waals surface area contributed by atoms with Crippen LogP contribution in [0.2, 0.25) is 0 Å². The number of halogens is 5. The molecule has 6 rings (SSSR count). The minimum atomic E-state index is -9.91. The Morgan fingerprint density at radius 2 is 1.69 bits per heavy atom. The maximum atomic E-state index is 14.2. The molecular weight excluding hydrogens is 701 g/mol. The van der Waals surface area contributed by atoms with Crippen molar-refractivity contribution in [3.05, 3.63) is 69.9 Å². The van der Waals surface area contributed by atoms with Gasteiger partial charge in [-0.15, -0.1) is 5.10 Å². The van der Waals surface area contributed by atoms with E-state index in [1.165, 1.54) is 15.8 Å². The van der Waals surface area contributed by atoms with Crippen molar-refractivity contribution < 1.29 is 34.1 Å². The van der Waals surface area contributed by atoms with Crippen LogP contribution in [0.25, 0.3) is 11.4 Å². The standard InChI is InChI=1S/C32H36F5N9O4S/c1-3-24-27(43-14-16-44(17-15-43)30(49)26-28(48)20(2)38-19-39-26)31(50)46-32(41-29(42-46)21-8-6-4-5-7-9-21)45(24)18-25(47)40-22-10-12-23(13-11-22)51(33,34,35,36)37/h8,10-13,19,48H,3-7,9,14-18H2,1-2H3,(H,40,47). The first-order chi connectivity index (χ1) is 23.9. The average Bonchev–Trinajstić information content (AvgIpc) is 3.34. The molecular formula is C32H36F5N9O4S. The van der Waals surface area contributed by atoms with Gasteiger partial charge in [0.25, 0.3) is 11.5 Å². The Balaban J connectivity index is 1.34. The number of piperazine rings is 1. The van der Waals surface area contributed by atoms with Crippen molar-refractivity contribution in [1.82, 2.24) is 34.0 Å². The third-order valence-electron chi connectivity index (χ3n) is 8.96. The van der Waals surface area contributed by atoms with Crippen LogP contribution in [-0.2, 0) is 17.8 Å². The molecule has 51 heavy (non-hydrogen) atoms. The lowest BCUT2D eigenvalue weighted by Gasteiger charge is -2.40. The van der Waals surface area contributed by atoms with Crippen molar-refractivity contribution in [2.75, 3.05) is 36.4 Å². The number of rotatable bonds is 8. The number of aromatic nitrogens is 6. The zero-order valence-corrected chi connectivity index (χ0v) is 28.6. The molecule has 0 bridgehead atoms. The number of anilines is 2. The maximum Gasteiger partial charge on any atom is 0.310 e. The Labute approximate surface area is 288 Å². The third-order valence-corrected chi connectivity index (χ3v) is 10.1. The number of benzene rings is 1. The maximum absolute atomic E-state index is 14.2. The van der Waals surface area contributed by atoms with Gasteiger partial charge in [0.1, 0.15) is 23.5 Å². The van der Waals surface area contributed by atoms with E-state index in [0.717, 1.165) is 47.9 Å². The topological polar surface area (TPSA) is 151 Å². The number of hydrogen-bond donors (Lipinski definition) is 2. The number of nitrogens with one attached hydrogen (secondary N) is 1. The molecule has 1 aromatic carbocycles. The fourth-order valence-corrected chi connectivity index (χ4v) is 6.98. The second-order valence-corrected chi connectivity index (χ2v) is 14.9. The molecule has 19 heteroatoms. The van der Waals surface area contributed by atoms with Crippen LogP contribution in [0.3, 0.4) is 0 Å². The van der Waals surface area contributed by atoms with Crippen molar-refractivity contribution in [2.24, 2.45) is 0 Å². The minimum absolute atomic E-state index is 0.0792. The molecule has 4 aromatic rings. The van der Waals surface area contributed by atoms with Gasteiger partial charge >= 0.3 is 10.2 Å². The zero-order valence-electron chi connectivity index (χ0n) is 27.8. The zero-order chi connectivity index (χ0) is 36.8. The number of aromatic hydroxyl groups is 1. The number of aryl methyl sites for hydroxylation is 1. The van der Waals surface area contributed by atoms with Gasteiger partial charge in [0, 0.05) is 31.9 Å². The van der Waals surface area contributed by atoms with Crippen LogP contribution in [0.1, 0.15) is 66.7 Å². The van der Waals surface area contributed by atoms with Crippen molar-refractivity contribution in [3.63, 3.8) is 0 Å². The summed E-state index contributed by atoms with van der Waals surface area (Å²) >= 11 is 0. The predicted molar refractivity (Wildman–Crippen MR) is 181 cm³/mol. The van der Waals surface area contributed by atoms with Gasteiger partial charge in [0.2, 0.25) is 11.7 Å². The summed E-state index contributed by atoms with van der Waals surface area (Å²) in [5.74, 6) is -1.11. The van der Waals surface area contributed by atoms with Gasteiger partial charge in [0.15, 0.2) is 17.3 Å². The molecule has 2 amide bonds. The number of nitrogens with zero attached hydrogens (tertiary/aromatic N) is 8. The summed E-state index contributed by atoms with van der Waals surface area (Å²) in [6, 6.07) is 1.92. The van der Waals surface area contributed by atoms with Crippen LogP contribution in [0.5, 0.6) is 5.75 Å². The monoisotopic (exact) mass is 737 g/mol. The van der Waals surface area contributed by atoms with Crippen LogP contribution in [-0.4, -0.2) is 77.1 Å². The third kappa shape index (κ3) is 7.38. The molecule has 1 saturated heterocycles. The van der Waals surface area contributed by atoms with Crippen molar-refractivity contribution in [1.29, 1.82) is 0 Å². The number of carbonyl (C=O) groups is 2. The number of amides is 2. The van der Waals surface area contributed by atoms with Gasteiger partial charge in [-0.1, -0.05) is 38.8 Å². The predicted octanol–water partition coefficient (Wildman–Crippen LogP) is 5.86. The van der Waals surface area contributed by atoms with E-state index in [9.17, 15) is 38.9 Å². The van der Waals surface area contributed by atoms with Crippen LogP contribution >= 0.6 is 10.2 Å². The highest BCUT2D eigenvalue weighted by atomic mass is 32.5. The van der Waals surface area contributed by atoms with Gasteiger partial charge in [0.05, 0.1) is 11.4 Å². The second kappa shape index (κ2) is 12.6. The van der Waals surface area contributed by atoms with E-state index in [1.807, 2.05) is 6.08 Å². The fraction of sp³-hybridized carbons (Fsp3) is 0.406. The van der Waals surface area contributed by atoms with Crippen molar-refractivity contribution in [2.45, 2.75) is 63.8 Å². The van der Waals surface area contributed by atoms with Gasteiger partial charge < -0.3 is 24.8 Å². The highest BCUT2D eigenvalue weighted by molar-refractivity contribution is 8.45. The number of hydrogen-bond acceptors (Lipinski definition) is 9. The lowest BCUT2D eigenvalue weighted by Crippen LogP contribution is -2.51. The lowest BCUT2D eigenvalue weighted by molar-refractivity contribution is -0.116. The molecule has 1 aliphatic heterocycles. The first-order valence-corrected chi connectivity index (χ1v) is 18.3. The van der Waals surface area contributed by atoms with Gasteiger partial charge in [-0.25, -0.2) is 9.97 Å². The summed E-state index contributed by atoms with van der Waals surface area (Å²) in [6.07, 6.45) is 7.94. The molecule has 0 unspecified atom stereocenters. The second-order valence-electron chi connectivity index (χ2n) is 12.5. The van der Waals surface area contributed by atoms with Crippen LogP contribution in [0, 0.1) is 6.92 Å². The van der Waals surface area contributed by atoms with Gasteiger partial charge in [-0.3, -0.25) is 14.4 Å². The smallest absolute Gasteiger partial charge is 0.310 e. The first-order valence-electron chi connectivity index (χ1n) is 16.4. The first kappa shape index (κ1) is 35.7. The molecule has 3 aromatic heterocycles. The minimum Gasteiger partial charge on any atom is -0.504 e. The summed E-state index contributed by atoms with van der Waals surface area (Å²) in [5, 5.41) is 17.4. The molecule has 2 N–H and O–H groups in total. The molecule has 0 saturated carbocycles. The van der Waals surface area contributed by atoms with Crippen LogP contribution in [0.15, 0.2) is 46.4 Å². The van der Waals surface area contributed by atoms with Crippen LogP contribution in [0.4, 0.5) is 30.8 Å². The van der Waals surface area contributed by atoms with E-state index in [0.29, 0.717) is 17.9 Å². The number of allylic oxidation sites excluding steroid dienone is 2. The Hall–Kier alpha value is -5.07. The molecule has 1 fully saturated rings. The van der Waals surface area contributed by atoms with Crippen molar-refractivity contribution >= 4 is 44.8 Å². The largest absolute Gasteiger partial charge is 0.504 e. The Morgan fingerprint density at radius 3 is 2.35 bits per heavy atom. The molecule has 13 nitrogen and oxygen atoms in total. The lowest BCUT2D eigenvalue weighted by atomic mass is 10.1. The summed E-state index contributed by atoms with van der Waals surface area (Å²) < 4.78 is 68.8. The average molecular weight is 738 g/mol. The number of carbonyl (C=O) groups excluding carboxylic acids is 2. The van der Waals surface area contributed by atoms with Gasteiger partial charge in [-0.2, -0.15) is 9.50 Å².